The van der Waals surface area contributed by atoms with Crippen LogP contribution in [0.5, 0.6) is 0 Å². The summed E-state index contributed by atoms with van der Waals surface area (Å²) in [4.78, 5) is 8.39. The van der Waals surface area contributed by atoms with Crippen LogP contribution in [0.2, 0.25) is 0 Å². The first kappa shape index (κ1) is 8.19. The van der Waals surface area contributed by atoms with Crippen molar-refractivity contribution in [2.24, 2.45) is 5.73 Å². The van der Waals surface area contributed by atoms with Crippen LogP contribution in [0.15, 0.2) is 18.6 Å². The third-order valence-electron chi connectivity index (χ3n) is 2.11. The van der Waals surface area contributed by atoms with Gasteiger partial charge in [-0.1, -0.05) is 0 Å². The Balaban J connectivity index is 2.64. The lowest BCUT2D eigenvalue weighted by molar-refractivity contribution is 0.890. The summed E-state index contributed by atoms with van der Waals surface area (Å²) in [6.07, 6.45) is 6.29. The Bertz CT molecular complexity index is 418. The van der Waals surface area contributed by atoms with Crippen molar-refractivity contribution in [3.8, 4) is 0 Å². The van der Waals surface area contributed by atoms with Crippen LogP contribution < -0.4 is 5.73 Å². The molecule has 2 N–H and O–H groups in total. The molecule has 2 heterocycles. The zero-order valence-corrected chi connectivity index (χ0v) is 7.57. The molecule has 2 aromatic heterocycles. The molecule has 0 aromatic carbocycles. The summed E-state index contributed by atoms with van der Waals surface area (Å²) < 4.78 is 2.04. The molecule has 0 radical (unpaired) electrons. The normalized spacial score (nSPS) is 10.9. The van der Waals surface area contributed by atoms with E-state index < -0.39 is 0 Å². The molecule has 0 aliphatic carbocycles. The number of fused-ring (bicyclic) bond motifs is 1. The molecule has 13 heavy (non-hydrogen) atoms. The average molecular weight is 176 g/mol. The van der Waals surface area contributed by atoms with Gasteiger partial charge in [-0.2, -0.15) is 0 Å². The number of rotatable bonds is 2. The van der Waals surface area contributed by atoms with Crippen molar-refractivity contribution in [3.63, 3.8) is 0 Å². The highest BCUT2D eigenvalue weighted by molar-refractivity contribution is 5.40. The van der Waals surface area contributed by atoms with Gasteiger partial charge in [-0.3, -0.25) is 4.98 Å². The molecule has 0 fully saturated rings. The maximum Gasteiger partial charge on any atom is 0.155 e. The van der Waals surface area contributed by atoms with Gasteiger partial charge in [0.1, 0.15) is 0 Å². The molecular formula is C9H12N4. The van der Waals surface area contributed by atoms with Gasteiger partial charge in [0.15, 0.2) is 5.65 Å². The molecule has 4 heteroatoms. The maximum absolute atomic E-state index is 5.52. The molecule has 0 saturated heterocycles. The Labute approximate surface area is 76.4 Å². The zero-order valence-electron chi connectivity index (χ0n) is 7.57. The Hall–Kier alpha value is -1.42. The van der Waals surface area contributed by atoms with E-state index >= 15 is 0 Å². The van der Waals surface area contributed by atoms with Gasteiger partial charge in [0.05, 0.1) is 11.9 Å². The van der Waals surface area contributed by atoms with Crippen molar-refractivity contribution in [2.75, 3.05) is 6.54 Å². The lowest BCUT2D eigenvalue weighted by Gasteiger charge is -1.99. The molecule has 0 bridgehead atoms. The second-order valence-corrected chi connectivity index (χ2v) is 2.99. The minimum atomic E-state index is 0.650. The smallest absolute Gasteiger partial charge is 0.155 e. The Morgan fingerprint density at radius 1 is 1.54 bits per heavy atom. The van der Waals surface area contributed by atoms with Crippen molar-refractivity contribution in [2.45, 2.75) is 13.3 Å². The highest BCUT2D eigenvalue weighted by atomic mass is 15.0. The van der Waals surface area contributed by atoms with Gasteiger partial charge in [0.25, 0.3) is 0 Å². The highest BCUT2D eigenvalue weighted by Gasteiger charge is 2.06. The van der Waals surface area contributed by atoms with Crippen molar-refractivity contribution in [3.05, 3.63) is 30.0 Å². The predicted octanol–water partition coefficient (Wildman–Crippen LogP) is 0.539. The van der Waals surface area contributed by atoms with Crippen molar-refractivity contribution in [1.82, 2.24) is 14.4 Å². The minimum Gasteiger partial charge on any atom is -0.330 e. The highest BCUT2D eigenvalue weighted by Crippen LogP contribution is 2.10. The third kappa shape index (κ3) is 1.29. The fourth-order valence-corrected chi connectivity index (χ4v) is 1.51. The fraction of sp³-hybridized carbons (Fsp3) is 0.333. The van der Waals surface area contributed by atoms with Gasteiger partial charge in [0.2, 0.25) is 0 Å². The molecule has 0 aliphatic heterocycles. The summed E-state index contributed by atoms with van der Waals surface area (Å²) in [5.74, 6) is 0. The van der Waals surface area contributed by atoms with Gasteiger partial charge in [-0.15, -0.1) is 0 Å². The van der Waals surface area contributed by atoms with Crippen molar-refractivity contribution >= 4 is 5.65 Å². The lowest BCUT2D eigenvalue weighted by Crippen LogP contribution is -2.06. The number of hydrogen-bond acceptors (Lipinski definition) is 3. The third-order valence-corrected chi connectivity index (χ3v) is 2.11. The molecule has 0 saturated carbocycles. The number of aromatic nitrogens is 3. The van der Waals surface area contributed by atoms with E-state index in [4.69, 9.17) is 5.73 Å². The second kappa shape index (κ2) is 3.14. The van der Waals surface area contributed by atoms with Gasteiger partial charge in [-0.25, -0.2) is 4.98 Å². The standard InChI is InChI=1S/C9H12N4/c1-7-8(2-3-10)13-5-4-11-6-9(13)12-7/h4-6H,2-3,10H2,1H3. The summed E-state index contributed by atoms with van der Waals surface area (Å²) in [5.41, 5.74) is 8.64. The van der Waals surface area contributed by atoms with E-state index in [1.54, 1.807) is 12.4 Å². The number of hydrogen-bond donors (Lipinski definition) is 1. The zero-order chi connectivity index (χ0) is 9.26. The summed E-state index contributed by atoms with van der Waals surface area (Å²) in [6.45, 7) is 2.65. The molecule has 0 aliphatic rings. The van der Waals surface area contributed by atoms with E-state index in [-0.39, 0.29) is 0 Å². The van der Waals surface area contributed by atoms with E-state index in [0.29, 0.717) is 6.54 Å². The van der Waals surface area contributed by atoms with Gasteiger partial charge < -0.3 is 10.1 Å². The quantitative estimate of drug-likeness (QED) is 0.726. The van der Waals surface area contributed by atoms with Gasteiger partial charge in [0, 0.05) is 24.5 Å². The topological polar surface area (TPSA) is 56.2 Å². The van der Waals surface area contributed by atoms with Crippen LogP contribution in [-0.4, -0.2) is 20.9 Å². The van der Waals surface area contributed by atoms with Crippen LogP contribution in [-0.2, 0) is 6.42 Å². The van der Waals surface area contributed by atoms with Gasteiger partial charge >= 0.3 is 0 Å². The van der Waals surface area contributed by atoms with Crippen LogP contribution in [0.3, 0.4) is 0 Å². The Morgan fingerprint density at radius 3 is 3.15 bits per heavy atom. The molecule has 4 nitrogen and oxygen atoms in total. The minimum absolute atomic E-state index is 0.650. The molecule has 0 unspecified atom stereocenters. The lowest BCUT2D eigenvalue weighted by atomic mass is 10.2. The molecule has 2 aromatic rings. The monoisotopic (exact) mass is 176 g/mol. The summed E-state index contributed by atoms with van der Waals surface area (Å²) in [5, 5.41) is 0. The van der Waals surface area contributed by atoms with Gasteiger partial charge in [-0.05, 0) is 13.5 Å². The van der Waals surface area contributed by atoms with E-state index in [2.05, 4.69) is 9.97 Å². The van der Waals surface area contributed by atoms with Crippen LogP contribution in [0.25, 0.3) is 5.65 Å². The van der Waals surface area contributed by atoms with Crippen LogP contribution >= 0.6 is 0 Å². The van der Waals surface area contributed by atoms with Crippen LogP contribution in [0.1, 0.15) is 11.4 Å². The first-order valence-corrected chi connectivity index (χ1v) is 4.30. The fourth-order valence-electron chi connectivity index (χ4n) is 1.51. The van der Waals surface area contributed by atoms with E-state index in [9.17, 15) is 0 Å². The Morgan fingerprint density at radius 2 is 2.38 bits per heavy atom. The van der Waals surface area contributed by atoms with Crippen molar-refractivity contribution < 1.29 is 0 Å². The summed E-state index contributed by atoms with van der Waals surface area (Å²) in [7, 11) is 0. The van der Waals surface area contributed by atoms with Crippen molar-refractivity contribution in [1.29, 1.82) is 0 Å². The Kier molecular flexibility index (Phi) is 1.98. The molecule has 0 amide bonds. The summed E-state index contributed by atoms with van der Waals surface area (Å²) >= 11 is 0. The molecule has 2 rings (SSSR count). The summed E-state index contributed by atoms with van der Waals surface area (Å²) in [6, 6.07) is 0. The largest absolute Gasteiger partial charge is 0.330 e. The number of nitrogens with two attached hydrogens (primary N) is 1. The molecule has 68 valence electrons. The predicted molar refractivity (Wildman–Crippen MR) is 50.5 cm³/mol. The molecular weight excluding hydrogens is 164 g/mol. The first-order chi connectivity index (χ1) is 6.33. The van der Waals surface area contributed by atoms with Crippen LogP contribution in [0.4, 0.5) is 0 Å². The molecule has 0 spiro atoms. The van der Waals surface area contributed by atoms with E-state index in [1.807, 2.05) is 17.5 Å². The average Bonchev–Trinajstić information content (AvgIpc) is 2.44. The van der Waals surface area contributed by atoms with E-state index in [1.165, 1.54) is 5.69 Å². The number of nitrogens with zero attached hydrogens (tertiary/aromatic N) is 3. The second-order valence-electron chi connectivity index (χ2n) is 2.99. The molecule has 0 atom stereocenters. The SMILES string of the molecule is Cc1nc2cnccn2c1CCN. The maximum atomic E-state index is 5.52. The number of aryl methyl sites for hydroxylation is 1. The first-order valence-electron chi connectivity index (χ1n) is 4.30. The van der Waals surface area contributed by atoms with Crippen LogP contribution in [0, 0.1) is 6.92 Å². The number of imidazole rings is 1. The van der Waals surface area contributed by atoms with E-state index in [0.717, 1.165) is 17.8 Å².